The lowest BCUT2D eigenvalue weighted by atomic mass is 10.4. The molecule has 6 heteroatoms. The number of likely N-dealkylation sites (N-methyl/N-ethyl adjacent to an activating group) is 1. The number of hydrogen-bond donors (Lipinski definition) is 1. The smallest absolute Gasteiger partial charge is 0.323 e. The second kappa shape index (κ2) is 3.82. The van der Waals surface area contributed by atoms with Gasteiger partial charge in [-0.05, 0) is 12.1 Å². The van der Waals surface area contributed by atoms with Gasteiger partial charge >= 0.3 is 5.97 Å². The van der Waals surface area contributed by atoms with Crippen molar-refractivity contribution in [2.75, 3.05) is 18.5 Å². The predicted molar refractivity (Wildman–Crippen MR) is 58.3 cm³/mol. The van der Waals surface area contributed by atoms with Crippen molar-refractivity contribution >= 4 is 33.5 Å². The first-order valence-corrected chi connectivity index (χ1v) is 5.18. The molecule has 0 aliphatic carbocycles. The van der Waals surface area contributed by atoms with Crippen molar-refractivity contribution < 1.29 is 9.90 Å². The number of carboxylic acid groups (broad SMARTS) is 1. The topological polar surface area (TPSA) is 66.3 Å². The molecule has 0 unspecified atom stereocenters. The lowest BCUT2D eigenvalue weighted by Gasteiger charge is -2.14. The van der Waals surface area contributed by atoms with Crippen LogP contribution in [0, 0.1) is 0 Å². The van der Waals surface area contributed by atoms with Crippen LogP contribution in [0.2, 0.25) is 0 Å². The van der Waals surface area contributed by atoms with E-state index in [2.05, 4.69) is 9.97 Å². The minimum Gasteiger partial charge on any atom is -0.480 e. The van der Waals surface area contributed by atoms with E-state index >= 15 is 0 Å². The molecule has 0 spiro atoms. The summed E-state index contributed by atoms with van der Waals surface area (Å²) in [4.78, 5) is 21.3. The molecule has 0 fully saturated rings. The summed E-state index contributed by atoms with van der Waals surface area (Å²) >= 11 is 1.44. The fraction of sp³-hybridized carbons (Fsp3) is 0.222. The van der Waals surface area contributed by atoms with Crippen LogP contribution < -0.4 is 4.90 Å². The third kappa shape index (κ3) is 2.04. The summed E-state index contributed by atoms with van der Waals surface area (Å²) in [6.07, 6.45) is 0. The first-order chi connectivity index (χ1) is 7.16. The number of carboxylic acids is 1. The largest absolute Gasteiger partial charge is 0.480 e. The molecule has 15 heavy (non-hydrogen) atoms. The molecule has 78 valence electrons. The zero-order chi connectivity index (χ0) is 10.8. The van der Waals surface area contributed by atoms with E-state index < -0.39 is 5.97 Å². The fourth-order valence-corrected chi connectivity index (χ4v) is 1.89. The molecule has 2 heterocycles. The lowest BCUT2D eigenvalue weighted by Crippen LogP contribution is -2.25. The summed E-state index contributed by atoms with van der Waals surface area (Å²) in [6, 6.07) is 3.61. The Kier molecular flexibility index (Phi) is 2.51. The Bertz CT molecular complexity index is 497. The Hall–Kier alpha value is -1.69. The van der Waals surface area contributed by atoms with Crippen molar-refractivity contribution in [1.82, 2.24) is 9.97 Å². The zero-order valence-corrected chi connectivity index (χ0v) is 8.86. The van der Waals surface area contributed by atoms with Crippen LogP contribution in [0.25, 0.3) is 10.3 Å². The molecule has 0 saturated heterocycles. The number of fused-ring (bicyclic) bond motifs is 1. The summed E-state index contributed by atoms with van der Waals surface area (Å²) in [5, 5.41) is 8.64. The Morgan fingerprint density at radius 3 is 3.13 bits per heavy atom. The van der Waals surface area contributed by atoms with Crippen LogP contribution in [0.4, 0.5) is 5.82 Å². The Morgan fingerprint density at radius 1 is 1.60 bits per heavy atom. The van der Waals surface area contributed by atoms with Crippen molar-refractivity contribution in [3.8, 4) is 0 Å². The van der Waals surface area contributed by atoms with Gasteiger partial charge in [-0.25, -0.2) is 9.97 Å². The maximum Gasteiger partial charge on any atom is 0.323 e. The number of rotatable bonds is 3. The van der Waals surface area contributed by atoms with Gasteiger partial charge in [0.2, 0.25) is 0 Å². The van der Waals surface area contributed by atoms with Gasteiger partial charge in [-0.15, -0.1) is 11.3 Å². The van der Waals surface area contributed by atoms with Gasteiger partial charge < -0.3 is 10.0 Å². The fourth-order valence-electron chi connectivity index (χ4n) is 1.24. The molecule has 0 aliphatic rings. The van der Waals surface area contributed by atoms with Gasteiger partial charge in [-0.1, -0.05) is 0 Å². The van der Waals surface area contributed by atoms with Crippen LogP contribution in [0.3, 0.4) is 0 Å². The quantitative estimate of drug-likeness (QED) is 0.847. The van der Waals surface area contributed by atoms with Crippen LogP contribution in [-0.4, -0.2) is 34.6 Å². The summed E-state index contributed by atoms with van der Waals surface area (Å²) in [7, 11) is 1.70. The maximum absolute atomic E-state index is 10.5. The summed E-state index contributed by atoms with van der Waals surface area (Å²) in [5.74, 6) is -0.224. The van der Waals surface area contributed by atoms with E-state index in [1.54, 1.807) is 23.5 Å². The van der Waals surface area contributed by atoms with Gasteiger partial charge in [0.05, 0.1) is 5.51 Å². The number of hydrogen-bond acceptors (Lipinski definition) is 5. The van der Waals surface area contributed by atoms with Gasteiger partial charge in [-0.2, -0.15) is 0 Å². The SMILES string of the molecule is CN(CC(=O)O)c1ccc2ncsc2n1. The minimum absolute atomic E-state index is 0.0582. The van der Waals surface area contributed by atoms with Gasteiger partial charge in [0, 0.05) is 7.05 Å². The van der Waals surface area contributed by atoms with E-state index in [0.717, 1.165) is 10.3 Å². The van der Waals surface area contributed by atoms with Crippen molar-refractivity contribution in [1.29, 1.82) is 0 Å². The Labute approximate surface area is 90.0 Å². The number of nitrogens with zero attached hydrogens (tertiary/aromatic N) is 3. The molecular weight excluding hydrogens is 214 g/mol. The molecule has 0 saturated carbocycles. The van der Waals surface area contributed by atoms with E-state index in [4.69, 9.17) is 5.11 Å². The second-order valence-electron chi connectivity index (χ2n) is 3.10. The number of pyridine rings is 1. The second-order valence-corrected chi connectivity index (χ2v) is 3.93. The Morgan fingerprint density at radius 2 is 2.40 bits per heavy atom. The van der Waals surface area contributed by atoms with Crippen LogP contribution in [0.5, 0.6) is 0 Å². The average Bonchev–Trinajstić information content (AvgIpc) is 2.62. The van der Waals surface area contributed by atoms with Crippen LogP contribution in [0.15, 0.2) is 17.6 Å². The molecular formula is C9H9N3O2S. The van der Waals surface area contributed by atoms with Crippen LogP contribution in [-0.2, 0) is 4.79 Å². The molecule has 0 radical (unpaired) electrons. The number of aliphatic carboxylic acids is 1. The van der Waals surface area contributed by atoms with Gasteiger partial charge in [-0.3, -0.25) is 4.79 Å². The van der Waals surface area contributed by atoms with Gasteiger partial charge in [0.25, 0.3) is 0 Å². The molecule has 0 atom stereocenters. The summed E-state index contributed by atoms with van der Waals surface area (Å²) < 4.78 is 0. The normalized spacial score (nSPS) is 10.5. The predicted octanol–water partition coefficient (Wildman–Crippen LogP) is 1.21. The Balaban J connectivity index is 2.30. The maximum atomic E-state index is 10.5. The van der Waals surface area contributed by atoms with E-state index in [9.17, 15) is 4.79 Å². The first kappa shape index (κ1) is 9.85. The number of carbonyl (C=O) groups is 1. The molecule has 2 aromatic heterocycles. The summed E-state index contributed by atoms with van der Waals surface area (Å²) in [5.41, 5.74) is 2.56. The molecule has 1 N–H and O–H groups in total. The third-order valence-electron chi connectivity index (χ3n) is 1.95. The van der Waals surface area contributed by atoms with Crippen molar-refractivity contribution in [2.24, 2.45) is 0 Å². The monoisotopic (exact) mass is 223 g/mol. The molecule has 0 aromatic carbocycles. The molecule has 5 nitrogen and oxygen atoms in total. The highest BCUT2D eigenvalue weighted by molar-refractivity contribution is 7.16. The first-order valence-electron chi connectivity index (χ1n) is 4.30. The molecule has 0 aliphatic heterocycles. The van der Waals surface area contributed by atoms with E-state index in [0.29, 0.717) is 5.82 Å². The van der Waals surface area contributed by atoms with E-state index in [1.807, 2.05) is 6.07 Å². The van der Waals surface area contributed by atoms with Gasteiger partial charge in [0.1, 0.15) is 22.7 Å². The standard InChI is InChI=1S/C9H9N3O2S/c1-12(4-8(13)14)7-3-2-6-9(11-7)15-5-10-6/h2-3,5H,4H2,1H3,(H,13,14). The zero-order valence-electron chi connectivity index (χ0n) is 8.04. The molecule has 0 amide bonds. The van der Waals surface area contributed by atoms with Crippen molar-refractivity contribution in [3.05, 3.63) is 17.6 Å². The molecule has 2 aromatic rings. The third-order valence-corrected chi connectivity index (χ3v) is 2.68. The highest BCUT2D eigenvalue weighted by atomic mass is 32.1. The number of anilines is 1. The minimum atomic E-state index is -0.872. The number of thiazole rings is 1. The summed E-state index contributed by atoms with van der Waals surface area (Å²) in [6.45, 7) is -0.0582. The van der Waals surface area contributed by atoms with Crippen LogP contribution >= 0.6 is 11.3 Å². The number of aromatic nitrogens is 2. The highest BCUT2D eigenvalue weighted by Gasteiger charge is 2.08. The molecule has 0 bridgehead atoms. The van der Waals surface area contributed by atoms with Crippen LogP contribution in [0.1, 0.15) is 0 Å². The van der Waals surface area contributed by atoms with Crippen molar-refractivity contribution in [2.45, 2.75) is 0 Å². The average molecular weight is 223 g/mol. The highest BCUT2D eigenvalue weighted by Crippen LogP contribution is 2.19. The van der Waals surface area contributed by atoms with Gasteiger partial charge in [0.15, 0.2) is 0 Å². The van der Waals surface area contributed by atoms with Crippen molar-refractivity contribution in [3.63, 3.8) is 0 Å². The van der Waals surface area contributed by atoms with E-state index in [1.165, 1.54) is 11.3 Å². The lowest BCUT2D eigenvalue weighted by molar-refractivity contribution is -0.135. The van der Waals surface area contributed by atoms with E-state index in [-0.39, 0.29) is 6.54 Å². The molecule has 2 rings (SSSR count).